The SMILES string of the molecule is Cc1ccc(-n2c(=O)[nH][nH]c2=O)cc1Br. The number of H-pyrrole nitrogens is 2. The zero-order valence-electron chi connectivity index (χ0n) is 7.87. The van der Waals surface area contributed by atoms with E-state index in [-0.39, 0.29) is 0 Å². The summed E-state index contributed by atoms with van der Waals surface area (Å²) in [6, 6.07) is 5.27. The van der Waals surface area contributed by atoms with Gasteiger partial charge < -0.3 is 0 Å². The predicted molar refractivity (Wildman–Crippen MR) is 59.4 cm³/mol. The van der Waals surface area contributed by atoms with Gasteiger partial charge in [-0.05, 0) is 24.6 Å². The maximum Gasteiger partial charge on any atom is 0.348 e. The number of aryl methyl sites for hydroxylation is 1. The maximum absolute atomic E-state index is 11.3. The Morgan fingerprint density at radius 3 is 2.33 bits per heavy atom. The van der Waals surface area contributed by atoms with Gasteiger partial charge in [0, 0.05) is 4.47 Å². The third kappa shape index (κ3) is 1.68. The lowest BCUT2D eigenvalue weighted by Gasteiger charge is -2.02. The lowest BCUT2D eigenvalue weighted by Crippen LogP contribution is -2.24. The Hall–Kier alpha value is -1.56. The van der Waals surface area contributed by atoms with E-state index in [0.717, 1.165) is 14.6 Å². The molecule has 15 heavy (non-hydrogen) atoms. The van der Waals surface area contributed by atoms with Gasteiger partial charge in [0.2, 0.25) is 0 Å². The van der Waals surface area contributed by atoms with Crippen molar-refractivity contribution in [1.82, 2.24) is 14.8 Å². The second kappa shape index (κ2) is 3.54. The Balaban J connectivity index is 2.70. The van der Waals surface area contributed by atoms with E-state index < -0.39 is 11.4 Å². The normalized spacial score (nSPS) is 10.5. The second-order valence-corrected chi connectivity index (χ2v) is 3.98. The van der Waals surface area contributed by atoms with Crippen LogP contribution in [0.15, 0.2) is 32.3 Å². The van der Waals surface area contributed by atoms with Crippen molar-refractivity contribution in [3.05, 3.63) is 49.2 Å². The standard InChI is InChI=1S/C9H8BrN3O2/c1-5-2-3-6(4-7(5)10)13-8(14)11-12-9(13)15/h2-4H,1H3,(H,11,14)(H,12,15). The topological polar surface area (TPSA) is 70.7 Å². The van der Waals surface area contributed by atoms with Gasteiger partial charge in [0.25, 0.3) is 0 Å². The number of nitrogens with zero attached hydrogens (tertiary/aromatic N) is 1. The van der Waals surface area contributed by atoms with Gasteiger partial charge in [0.05, 0.1) is 5.69 Å². The van der Waals surface area contributed by atoms with E-state index >= 15 is 0 Å². The van der Waals surface area contributed by atoms with Gasteiger partial charge in [-0.15, -0.1) is 0 Å². The van der Waals surface area contributed by atoms with E-state index in [1.807, 2.05) is 13.0 Å². The monoisotopic (exact) mass is 269 g/mol. The Bertz CT molecular complexity index is 581. The number of hydrogen-bond donors (Lipinski definition) is 2. The molecule has 1 heterocycles. The van der Waals surface area contributed by atoms with E-state index in [2.05, 4.69) is 26.1 Å². The van der Waals surface area contributed by atoms with Crippen LogP contribution >= 0.6 is 15.9 Å². The van der Waals surface area contributed by atoms with Crippen molar-refractivity contribution < 1.29 is 0 Å². The van der Waals surface area contributed by atoms with Crippen molar-refractivity contribution in [2.24, 2.45) is 0 Å². The molecule has 2 rings (SSSR count). The molecule has 0 unspecified atom stereocenters. The Morgan fingerprint density at radius 2 is 1.80 bits per heavy atom. The highest BCUT2D eigenvalue weighted by atomic mass is 79.9. The van der Waals surface area contributed by atoms with Gasteiger partial charge in [-0.2, -0.15) is 0 Å². The van der Waals surface area contributed by atoms with Crippen LogP contribution in [-0.2, 0) is 0 Å². The fourth-order valence-electron chi connectivity index (χ4n) is 1.27. The smallest absolute Gasteiger partial charge is 0.247 e. The summed E-state index contributed by atoms with van der Waals surface area (Å²) in [5.74, 6) is 0. The van der Waals surface area contributed by atoms with Gasteiger partial charge >= 0.3 is 11.4 Å². The molecule has 0 aliphatic rings. The highest BCUT2D eigenvalue weighted by Crippen LogP contribution is 2.18. The van der Waals surface area contributed by atoms with E-state index in [1.165, 1.54) is 0 Å². The minimum absolute atomic E-state index is 0.476. The number of aromatic nitrogens is 3. The van der Waals surface area contributed by atoms with Crippen LogP contribution in [0, 0.1) is 6.92 Å². The molecule has 0 spiro atoms. The molecule has 0 fully saturated rings. The van der Waals surface area contributed by atoms with Crippen molar-refractivity contribution in [2.75, 3.05) is 0 Å². The fourth-order valence-corrected chi connectivity index (χ4v) is 1.63. The van der Waals surface area contributed by atoms with E-state index in [9.17, 15) is 9.59 Å². The van der Waals surface area contributed by atoms with E-state index in [0.29, 0.717) is 5.69 Å². The molecule has 2 N–H and O–H groups in total. The summed E-state index contributed by atoms with van der Waals surface area (Å²) in [4.78, 5) is 22.6. The molecule has 0 amide bonds. The summed E-state index contributed by atoms with van der Waals surface area (Å²) in [5, 5.41) is 4.45. The molecule has 1 aromatic heterocycles. The third-order valence-corrected chi connectivity index (χ3v) is 2.95. The zero-order chi connectivity index (χ0) is 11.0. The summed E-state index contributed by atoms with van der Waals surface area (Å²) in [6.45, 7) is 1.93. The molecule has 0 saturated heterocycles. The molecule has 0 saturated carbocycles. The average Bonchev–Trinajstić information content (AvgIpc) is 2.52. The number of halogens is 1. The number of benzene rings is 1. The summed E-state index contributed by atoms with van der Waals surface area (Å²) < 4.78 is 1.89. The van der Waals surface area contributed by atoms with Gasteiger partial charge in [-0.1, -0.05) is 22.0 Å². The van der Waals surface area contributed by atoms with Crippen LogP contribution in [-0.4, -0.2) is 14.8 Å². The van der Waals surface area contributed by atoms with Crippen LogP contribution < -0.4 is 11.4 Å². The van der Waals surface area contributed by atoms with E-state index in [1.54, 1.807) is 12.1 Å². The van der Waals surface area contributed by atoms with Gasteiger partial charge in [0.15, 0.2) is 0 Å². The molecular formula is C9H8BrN3O2. The van der Waals surface area contributed by atoms with Crippen LogP contribution in [0.3, 0.4) is 0 Å². The molecule has 6 heteroatoms. The number of rotatable bonds is 1. The van der Waals surface area contributed by atoms with Crippen molar-refractivity contribution in [3.63, 3.8) is 0 Å². The molecule has 0 radical (unpaired) electrons. The minimum atomic E-state index is -0.476. The van der Waals surface area contributed by atoms with Crippen LogP contribution in [0.1, 0.15) is 5.56 Å². The summed E-state index contributed by atoms with van der Waals surface area (Å²) in [6.07, 6.45) is 0. The predicted octanol–water partition coefficient (Wildman–Crippen LogP) is 0.925. The molecule has 2 aromatic rings. The number of hydrogen-bond acceptors (Lipinski definition) is 2. The molecule has 0 aliphatic carbocycles. The summed E-state index contributed by atoms with van der Waals surface area (Å²) in [5.41, 5.74) is 0.616. The van der Waals surface area contributed by atoms with Gasteiger partial charge in [-0.3, -0.25) is 0 Å². The van der Waals surface area contributed by atoms with Crippen molar-refractivity contribution in [3.8, 4) is 5.69 Å². The Kier molecular flexibility index (Phi) is 2.36. The molecule has 5 nitrogen and oxygen atoms in total. The van der Waals surface area contributed by atoms with Gasteiger partial charge in [0.1, 0.15) is 0 Å². The molecule has 1 aromatic carbocycles. The molecular weight excluding hydrogens is 262 g/mol. The largest absolute Gasteiger partial charge is 0.348 e. The molecule has 0 atom stereocenters. The third-order valence-electron chi connectivity index (χ3n) is 2.10. The van der Waals surface area contributed by atoms with Gasteiger partial charge in [-0.25, -0.2) is 24.4 Å². The van der Waals surface area contributed by atoms with Crippen LogP contribution in [0.2, 0.25) is 0 Å². The van der Waals surface area contributed by atoms with Crippen LogP contribution in [0.5, 0.6) is 0 Å². The molecule has 0 aliphatic heterocycles. The highest BCUT2D eigenvalue weighted by molar-refractivity contribution is 9.10. The first-order chi connectivity index (χ1) is 7.09. The summed E-state index contributed by atoms with van der Waals surface area (Å²) >= 11 is 3.34. The first-order valence-corrected chi connectivity index (χ1v) is 5.05. The Morgan fingerprint density at radius 1 is 1.20 bits per heavy atom. The highest BCUT2D eigenvalue weighted by Gasteiger charge is 2.06. The van der Waals surface area contributed by atoms with Crippen molar-refractivity contribution in [1.29, 1.82) is 0 Å². The average molecular weight is 270 g/mol. The fraction of sp³-hybridized carbons (Fsp3) is 0.111. The van der Waals surface area contributed by atoms with E-state index in [4.69, 9.17) is 0 Å². The van der Waals surface area contributed by atoms with Crippen LogP contribution in [0.4, 0.5) is 0 Å². The van der Waals surface area contributed by atoms with Crippen LogP contribution in [0.25, 0.3) is 5.69 Å². The zero-order valence-corrected chi connectivity index (χ0v) is 9.46. The number of aromatic amines is 2. The minimum Gasteiger partial charge on any atom is -0.247 e. The first-order valence-electron chi connectivity index (χ1n) is 4.26. The molecule has 0 bridgehead atoms. The van der Waals surface area contributed by atoms with Crippen molar-refractivity contribution >= 4 is 15.9 Å². The summed E-state index contributed by atoms with van der Waals surface area (Å²) in [7, 11) is 0. The maximum atomic E-state index is 11.3. The van der Waals surface area contributed by atoms with Crippen molar-refractivity contribution in [2.45, 2.75) is 6.92 Å². The molecule has 78 valence electrons. The first kappa shape index (κ1) is 9.97. The number of nitrogens with one attached hydrogen (secondary N) is 2. The Labute approximate surface area is 92.9 Å². The quantitative estimate of drug-likeness (QED) is 0.809. The lowest BCUT2D eigenvalue weighted by molar-refractivity contribution is 0.949. The lowest BCUT2D eigenvalue weighted by atomic mass is 10.2. The second-order valence-electron chi connectivity index (χ2n) is 3.13.